The molecular weight excluding hydrogens is 294 g/mol. The Labute approximate surface area is 122 Å². The topological polar surface area (TPSA) is 118 Å². The fourth-order valence-corrected chi connectivity index (χ4v) is 3.01. The van der Waals surface area contributed by atoms with Gasteiger partial charge >= 0.3 is 0 Å². The molecule has 0 spiro atoms. The van der Waals surface area contributed by atoms with Crippen molar-refractivity contribution in [3.63, 3.8) is 0 Å². The number of aryl methyl sites for hydroxylation is 2. The summed E-state index contributed by atoms with van der Waals surface area (Å²) in [5.41, 5.74) is 0.464. The third kappa shape index (κ3) is 2.18. The number of carbonyl (C=O) groups is 1. The van der Waals surface area contributed by atoms with E-state index in [0.717, 1.165) is 11.3 Å². The summed E-state index contributed by atoms with van der Waals surface area (Å²) < 4.78 is 1.50. The van der Waals surface area contributed by atoms with E-state index >= 15 is 0 Å². The number of hydrogen-bond acceptors (Lipinski definition) is 7. The number of H-pyrrole nitrogens is 1. The second-order valence-corrected chi connectivity index (χ2v) is 5.26. The predicted octanol–water partition coefficient (Wildman–Crippen LogP) is 0.552. The molecule has 3 aromatic rings. The van der Waals surface area contributed by atoms with Crippen LogP contribution >= 0.6 is 11.3 Å². The molecule has 0 saturated carbocycles. The summed E-state index contributed by atoms with van der Waals surface area (Å²) in [5.74, 6) is -0.310. The van der Waals surface area contributed by atoms with Crippen LogP contribution in [-0.4, -0.2) is 36.1 Å². The van der Waals surface area contributed by atoms with Crippen molar-refractivity contribution in [1.29, 1.82) is 0 Å². The highest BCUT2D eigenvalue weighted by molar-refractivity contribution is 7.20. The predicted molar refractivity (Wildman–Crippen MR) is 76.4 cm³/mol. The third-order valence-electron chi connectivity index (χ3n) is 3.03. The van der Waals surface area contributed by atoms with Crippen LogP contribution in [0.25, 0.3) is 10.2 Å². The number of aromatic nitrogens is 6. The van der Waals surface area contributed by atoms with Gasteiger partial charge in [-0.2, -0.15) is 5.21 Å². The first kappa shape index (κ1) is 13.4. The summed E-state index contributed by atoms with van der Waals surface area (Å²) >= 11 is 1.16. The number of carbonyl (C=O) groups excluding carboxylic acids is 1. The first-order valence-electron chi connectivity index (χ1n) is 6.15. The average molecular weight is 305 g/mol. The molecule has 3 heterocycles. The van der Waals surface area contributed by atoms with Gasteiger partial charge in [0.15, 0.2) is 0 Å². The molecule has 0 bridgehead atoms. The van der Waals surface area contributed by atoms with Crippen LogP contribution in [0, 0.1) is 6.92 Å². The highest BCUT2D eigenvalue weighted by atomic mass is 32.1. The van der Waals surface area contributed by atoms with E-state index in [2.05, 4.69) is 30.9 Å². The fraction of sp³-hybridized carbons (Fsp3) is 0.273. The van der Waals surface area contributed by atoms with Gasteiger partial charge in [0, 0.05) is 6.54 Å². The molecule has 10 heteroatoms. The SMILES string of the molecule is CCn1cnc2sc(C(=O)Nc3nn[nH]n3)c(C)c2c1=O. The Balaban J connectivity index is 2.08. The lowest BCUT2D eigenvalue weighted by Crippen LogP contribution is -2.19. The number of fused-ring (bicyclic) bond motifs is 1. The van der Waals surface area contributed by atoms with E-state index in [0.29, 0.717) is 27.2 Å². The quantitative estimate of drug-likeness (QED) is 0.729. The normalized spacial score (nSPS) is 11.0. The smallest absolute Gasteiger partial charge is 0.270 e. The molecule has 2 N–H and O–H groups in total. The second-order valence-electron chi connectivity index (χ2n) is 4.26. The molecule has 0 unspecified atom stereocenters. The Morgan fingerprint density at radius 3 is 3.00 bits per heavy atom. The molecule has 9 nitrogen and oxygen atoms in total. The van der Waals surface area contributed by atoms with Crippen molar-refractivity contribution in [3.05, 3.63) is 27.1 Å². The van der Waals surface area contributed by atoms with Gasteiger partial charge in [-0.25, -0.2) is 4.98 Å². The van der Waals surface area contributed by atoms with Gasteiger partial charge in [0.05, 0.1) is 16.6 Å². The Morgan fingerprint density at radius 2 is 2.33 bits per heavy atom. The van der Waals surface area contributed by atoms with Crippen molar-refractivity contribution in [3.8, 4) is 0 Å². The zero-order valence-electron chi connectivity index (χ0n) is 11.2. The van der Waals surface area contributed by atoms with Crippen molar-refractivity contribution in [2.45, 2.75) is 20.4 Å². The summed E-state index contributed by atoms with van der Waals surface area (Å²) in [6.07, 6.45) is 1.49. The Bertz CT molecular complexity index is 865. The highest BCUT2D eigenvalue weighted by Crippen LogP contribution is 2.27. The molecule has 0 aliphatic carbocycles. The lowest BCUT2D eigenvalue weighted by atomic mass is 10.2. The third-order valence-corrected chi connectivity index (χ3v) is 4.23. The maximum atomic E-state index is 12.3. The van der Waals surface area contributed by atoms with E-state index in [1.807, 2.05) is 6.92 Å². The molecular formula is C11H11N7O2S. The van der Waals surface area contributed by atoms with Crippen LogP contribution in [0.1, 0.15) is 22.2 Å². The summed E-state index contributed by atoms with van der Waals surface area (Å²) in [5, 5.41) is 15.9. The Kier molecular flexibility index (Phi) is 3.22. The van der Waals surface area contributed by atoms with Gasteiger partial charge in [-0.05, 0) is 24.6 Å². The van der Waals surface area contributed by atoms with Crippen molar-refractivity contribution >= 4 is 33.4 Å². The van der Waals surface area contributed by atoms with Crippen molar-refractivity contribution < 1.29 is 4.79 Å². The zero-order chi connectivity index (χ0) is 15.0. The number of rotatable bonds is 3. The molecule has 0 saturated heterocycles. The standard InChI is InChI=1S/C11H11N7O2S/c1-3-18-4-12-9-6(10(18)20)5(2)7(21-9)8(19)13-11-14-16-17-15-11/h4H,3H2,1-2H3,(H2,13,14,15,16,17,19). The maximum Gasteiger partial charge on any atom is 0.270 e. The number of anilines is 1. The minimum Gasteiger partial charge on any atom is -0.299 e. The van der Waals surface area contributed by atoms with Gasteiger partial charge in [0.2, 0.25) is 0 Å². The van der Waals surface area contributed by atoms with Crippen LogP contribution in [0.5, 0.6) is 0 Å². The maximum absolute atomic E-state index is 12.3. The van der Waals surface area contributed by atoms with Gasteiger partial charge in [-0.1, -0.05) is 5.10 Å². The van der Waals surface area contributed by atoms with E-state index in [4.69, 9.17) is 0 Å². The molecule has 3 rings (SSSR count). The minimum atomic E-state index is -0.389. The number of hydrogen-bond donors (Lipinski definition) is 2. The highest BCUT2D eigenvalue weighted by Gasteiger charge is 2.20. The minimum absolute atomic E-state index is 0.0794. The molecule has 108 valence electrons. The summed E-state index contributed by atoms with van der Waals surface area (Å²) in [7, 11) is 0. The number of tetrazole rings is 1. The molecule has 0 aliphatic rings. The Morgan fingerprint density at radius 1 is 1.52 bits per heavy atom. The van der Waals surface area contributed by atoms with Gasteiger partial charge < -0.3 is 0 Å². The molecule has 0 aromatic carbocycles. The van der Waals surface area contributed by atoms with Crippen molar-refractivity contribution in [2.24, 2.45) is 0 Å². The van der Waals surface area contributed by atoms with Crippen LogP contribution in [0.4, 0.5) is 5.95 Å². The lowest BCUT2D eigenvalue weighted by molar-refractivity contribution is 0.102. The largest absolute Gasteiger partial charge is 0.299 e. The first-order valence-corrected chi connectivity index (χ1v) is 6.96. The molecule has 0 fully saturated rings. The molecule has 0 aliphatic heterocycles. The summed E-state index contributed by atoms with van der Waals surface area (Å²) in [6.45, 7) is 4.12. The van der Waals surface area contributed by atoms with E-state index in [1.54, 1.807) is 6.92 Å². The van der Waals surface area contributed by atoms with Gasteiger partial charge in [0.25, 0.3) is 17.4 Å². The van der Waals surface area contributed by atoms with Gasteiger partial charge in [-0.3, -0.25) is 19.5 Å². The van der Waals surface area contributed by atoms with Crippen LogP contribution in [0.2, 0.25) is 0 Å². The number of aromatic amines is 1. The van der Waals surface area contributed by atoms with Gasteiger partial charge in [0.1, 0.15) is 4.83 Å². The number of amides is 1. The summed E-state index contributed by atoms with van der Waals surface area (Å²) in [6, 6.07) is 0. The number of nitrogens with zero attached hydrogens (tertiary/aromatic N) is 5. The van der Waals surface area contributed by atoms with E-state index in [-0.39, 0.29) is 17.4 Å². The van der Waals surface area contributed by atoms with E-state index in [9.17, 15) is 9.59 Å². The van der Waals surface area contributed by atoms with E-state index < -0.39 is 0 Å². The zero-order valence-corrected chi connectivity index (χ0v) is 12.1. The lowest BCUT2D eigenvalue weighted by Gasteiger charge is -2.00. The van der Waals surface area contributed by atoms with Crippen LogP contribution in [-0.2, 0) is 6.54 Å². The first-order chi connectivity index (χ1) is 10.1. The number of nitrogens with one attached hydrogen (secondary N) is 2. The monoisotopic (exact) mass is 305 g/mol. The van der Waals surface area contributed by atoms with Crippen molar-refractivity contribution in [2.75, 3.05) is 5.32 Å². The molecule has 3 aromatic heterocycles. The molecule has 0 atom stereocenters. The van der Waals surface area contributed by atoms with Crippen molar-refractivity contribution in [1.82, 2.24) is 30.2 Å². The summed E-state index contributed by atoms with van der Waals surface area (Å²) in [4.78, 5) is 29.7. The van der Waals surface area contributed by atoms with Crippen LogP contribution in [0.15, 0.2) is 11.1 Å². The second kappa shape index (κ2) is 5.05. The Hall–Kier alpha value is -2.62. The average Bonchev–Trinajstić information content (AvgIpc) is 3.07. The molecule has 0 radical (unpaired) electrons. The van der Waals surface area contributed by atoms with Gasteiger partial charge in [-0.15, -0.1) is 16.4 Å². The molecule has 1 amide bonds. The fourth-order valence-electron chi connectivity index (χ4n) is 1.97. The van der Waals surface area contributed by atoms with Crippen LogP contribution in [0.3, 0.4) is 0 Å². The molecule has 21 heavy (non-hydrogen) atoms. The van der Waals surface area contributed by atoms with E-state index in [1.165, 1.54) is 10.9 Å². The number of thiophene rings is 1. The van der Waals surface area contributed by atoms with Crippen LogP contribution < -0.4 is 10.9 Å².